The van der Waals surface area contributed by atoms with Gasteiger partial charge in [0.05, 0.1) is 0 Å². The molecule has 40 valence electrons. The van der Waals surface area contributed by atoms with Gasteiger partial charge in [-0.05, 0) is 0 Å². The van der Waals surface area contributed by atoms with E-state index in [0.717, 1.165) is 0 Å². The van der Waals surface area contributed by atoms with Crippen LogP contribution in [-0.2, 0) is 13.8 Å². The SMILES string of the molecule is [B]OP1(O)(O)OO1. The number of hydrogen-bond acceptors (Lipinski definition) is 5. The Kier molecular flexibility index (Phi) is 0.775. The third-order valence-electron chi connectivity index (χ3n) is 0.449. The Morgan fingerprint density at radius 1 is 1.43 bits per heavy atom. The van der Waals surface area contributed by atoms with Crippen LogP contribution in [0.25, 0.3) is 0 Å². The zero-order chi connectivity index (χ0) is 5.57. The first-order valence-electron chi connectivity index (χ1n) is 1.35. The number of rotatable bonds is 1. The molecule has 0 aromatic rings. The van der Waals surface area contributed by atoms with Gasteiger partial charge in [-0.15, -0.1) is 0 Å². The Bertz CT molecular complexity index is 90.3. The molecule has 0 unspecified atom stereocenters. The van der Waals surface area contributed by atoms with Crippen molar-refractivity contribution in [3.8, 4) is 0 Å². The molecule has 1 saturated heterocycles. The first-order valence-corrected chi connectivity index (χ1v) is 3.25. The van der Waals surface area contributed by atoms with Gasteiger partial charge < -0.3 is 0 Å². The van der Waals surface area contributed by atoms with Gasteiger partial charge in [0.15, 0.2) is 0 Å². The summed E-state index contributed by atoms with van der Waals surface area (Å²) in [6, 6.07) is 0. The van der Waals surface area contributed by atoms with Gasteiger partial charge in [-0.1, -0.05) is 0 Å². The molecule has 0 bridgehead atoms. The molecule has 0 aliphatic carbocycles. The second-order valence-electron chi connectivity index (χ2n) is 1.06. The van der Waals surface area contributed by atoms with Crippen molar-refractivity contribution in [3.05, 3.63) is 0 Å². The zero-order valence-corrected chi connectivity index (χ0v) is 4.04. The molecule has 7 heteroatoms. The summed E-state index contributed by atoms with van der Waals surface area (Å²) in [7, 11) is -0.237. The van der Waals surface area contributed by atoms with Gasteiger partial charge in [0.25, 0.3) is 0 Å². The first-order chi connectivity index (χ1) is 3.05. The van der Waals surface area contributed by atoms with E-state index in [1.165, 1.54) is 0 Å². The number of hydrogen-bond donors (Lipinski definition) is 2. The molecule has 1 aliphatic rings. The van der Waals surface area contributed by atoms with Crippen molar-refractivity contribution >= 4 is 15.8 Å². The Morgan fingerprint density at radius 2 is 1.86 bits per heavy atom. The van der Waals surface area contributed by atoms with Crippen molar-refractivity contribution in [2.45, 2.75) is 0 Å². The summed E-state index contributed by atoms with van der Waals surface area (Å²) in [6.07, 6.45) is 0. The van der Waals surface area contributed by atoms with Crippen molar-refractivity contribution in [2.24, 2.45) is 0 Å². The first kappa shape index (κ1) is 5.43. The molecular formula is H2BO5P. The van der Waals surface area contributed by atoms with Gasteiger partial charge in [-0.25, -0.2) is 0 Å². The zero-order valence-electron chi connectivity index (χ0n) is 3.14. The van der Waals surface area contributed by atoms with Gasteiger partial charge in [-0.3, -0.25) is 0 Å². The molecule has 1 fully saturated rings. The quantitative estimate of drug-likeness (QED) is 0.206. The van der Waals surface area contributed by atoms with Crippen molar-refractivity contribution in [2.75, 3.05) is 0 Å². The van der Waals surface area contributed by atoms with Crippen LogP contribution in [0.4, 0.5) is 0 Å². The monoisotopic (exact) mass is 124 g/mol. The Morgan fingerprint density at radius 3 is 1.86 bits per heavy atom. The van der Waals surface area contributed by atoms with Crippen molar-refractivity contribution < 1.29 is 23.6 Å². The van der Waals surface area contributed by atoms with Crippen LogP contribution >= 0.6 is 7.74 Å². The maximum atomic E-state index is 8.30. The summed E-state index contributed by atoms with van der Waals surface area (Å²) in [5.74, 6) is 0. The van der Waals surface area contributed by atoms with Gasteiger partial charge in [-0.2, -0.15) is 0 Å². The molecule has 2 N–H and O–H groups in total. The van der Waals surface area contributed by atoms with Gasteiger partial charge in [0.2, 0.25) is 0 Å². The fourth-order valence-corrected chi connectivity index (χ4v) is 0.496. The molecular weight excluding hydrogens is 122 g/mol. The molecule has 5 nitrogen and oxygen atoms in total. The third kappa shape index (κ3) is 0.910. The van der Waals surface area contributed by atoms with Crippen molar-refractivity contribution in [3.63, 3.8) is 0 Å². The molecule has 0 atom stereocenters. The second-order valence-corrected chi connectivity index (χ2v) is 3.17. The summed E-state index contributed by atoms with van der Waals surface area (Å²) >= 11 is 0. The molecule has 1 aliphatic heterocycles. The predicted molar refractivity (Wildman–Crippen MR) is 20.4 cm³/mol. The second kappa shape index (κ2) is 0.998. The Hall–Kier alpha value is 0.295. The minimum atomic E-state index is -4.55. The fourth-order valence-electron chi connectivity index (χ4n) is 0.0786. The summed E-state index contributed by atoms with van der Waals surface area (Å²) in [5, 5.41) is 0. The average molecular weight is 124 g/mol. The molecule has 2 radical (unpaired) electrons. The Balaban J connectivity index is 2.58. The third-order valence-corrected chi connectivity index (χ3v) is 1.35. The predicted octanol–water partition coefficient (Wildman–Crippen LogP) is -0.839. The minimum absolute atomic E-state index is 3.53. The summed E-state index contributed by atoms with van der Waals surface area (Å²) in [5.41, 5.74) is 0. The van der Waals surface area contributed by atoms with Crippen LogP contribution in [0.15, 0.2) is 0 Å². The summed E-state index contributed by atoms with van der Waals surface area (Å²) < 4.78 is 10.8. The standard InChI is InChI=1S/BH2O5P/c1-4-7(2,3)5-6-7/h2-3H. The summed E-state index contributed by atoms with van der Waals surface area (Å²) in [6.45, 7) is 0. The van der Waals surface area contributed by atoms with E-state index in [2.05, 4.69) is 21.8 Å². The molecule has 0 aromatic carbocycles. The van der Waals surface area contributed by atoms with Crippen LogP contribution < -0.4 is 0 Å². The van der Waals surface area contributed by atoms with Crippen LogP contribution in [0.3, 0.4) is 0 Å². The van der Waals surface area contributed by atoms with E-state index in [9.17, 15) is 0 Å². The molecule has 0 spiro atoms. The molecule has 1 rings (SSSR count). The fraction of sp³-hybridized carbons (Fsp3) is 0. The summed E-state index contributed by atoms with van der Waals surface area (Å²) in [4.78, 5) is 16.6. The van der Waals surface area contributed by atoms with E-state index in [4.69, 9.17) is 9.79 Å². The van der Waals surface area contributed by atoms with E-state index in [0.29, 0.717) is 0 Å². The average Bonchev–Trinajstić information content (AvgIpc) is 2.20. The van der Waals surface area contributed by atoms with Crippen LogP contribution in [-0.4, -0.2) is 17.8 Å². The van der Waals surface area contributed by atoms with E-state index in [1.807, 2.05) is 0 Å². The Labute approximate surface area is 40.5 Å². The van der Waals surface area contributed by atoms with E-state index in [-0.39, 0.29) is 0 Å². The van der Waals surface area contributed by atoms with Crippen LogP contribution in [0, 0.1) is 0 Å². The van der Waals surface area contributed by atoms with Crippen LogP contribution in [0.5, 0.6) is 0 Å². The normalized spacial score (nSPS) is 38.3. The maximum absolute atomic E-state index is 8.30. The van der Waals surface area contributed by atoms with Gasteiger partial charge in [0.1, 0.15) is 0 Å². The molecule has 7 heavy (non-hydrogen) atoms. The molecule has 0 amide bonds. The van der Waals surface area contributed by atoms with Crippen molar-refractivity contribution in [1.29, 1.82) is 0 Å². The van der Waals surface area contributed by atoms with Gasteiger partial charge in [0, 0.05) is 0 Å². The molecule has 1 heterocycles. The van der Waals surface area contributed by atoms with Crippen LogP contribution in [0.2, 0.25) is 0 Å². The van der Waals surface area contributed by atoms with E-state index < -0.39 is 7.74 Å². The topological polar surface area (TPSA) is 74.8 Å². The van der Waals surface area contributed by atoms with Crippen molar-refractivity contribution in [1.82, 2.24) is 0 Å². The van der Waals surface area contributed by atoms with Gasteiger partial charge >= 0.3 is 39.4 Å². The van der Waals surface area contributed by atoms with Crippen LogP contribution in [0.1, 0.15) is 0 Å². The molecule has 0 saturated carbocycles. The molecule has 0 aromatic heterocycles. The van der Waals surface area contributed by atoms with E-state index in [1.54, 1.807) is 0 Å². The van der Waals surface area contributed by atoms with E-state index >= 15 is 0 Å².